The van der Waals surface area contributed by atoms with Crippen molar-refractivity contribution in [2.24, 2.45) is 0 Å². The third-order valence-electron chi connectivity index (χ3n) is 1.79. The predicted molar refractivity (Wildman–Crippen MR) is 58.4 cm³/mol. The van der Waals surface area contributed by atoms with Crippen LogP contribution >= 0.6 is 11.3 Å². The molecule has 0 saturated carbocycles. The summed E-state index contributed by atoms with van der Waals surface area (Å²) in [5.41, 5.74) is 1.08. The number of rotatable bonds is 3. The van der Waals surface area contributed by atoms with E-state index in [2.05, 4.69) is 22.2 Å². The van der Waals surface area contributed by atoms with E-state index in [1.165, 1.54) is 4.88 Å². The summed E-state index contributed by atoms with van der Waals surface area (Å²) in [6, 6.07) is 3.89. The van der Waals surface area contributed by atoms with Gasteiger partial charge in [0.05, 0.1) is 6.54 Å². The van der Waals surface area contributed by atoms with Crippen molar-refractivity contribution in [2.75, 3.05) is 5.32 Å². The second-order valence-electron chi connectivity index (χ2n) is 2.95. The molecule has 72 valence electrons. The molecule has 14 heavy (non-hydrogen) atoms. The average Bonchev–Trinajstić information content (AvgIpc) is 2.63. The third-order valence-corrected chi connectivity index (χ3v) is 2.71. The molecular formula is C10H11N3S. The fourth-order valence-corrected chi connectivity index (χ4v) is 1.86. The fourth-order valence-electron chi connectivity index (χ4n) is 1.13. The van der Waals surface area contributed by atoms with Gasteiger partial charge in [0.25, 0.3) is 0 Å². The number of pyridine rings is 1. The van der Waals surface area contributed by atoms with Crippen LogP contribution in [0, 0.1) is 6.92 Å². The summed E-state index contributed by atoms with van der Waals surface area (Å²) in [6.07, 6.45) is 5.44. The predicted octanol–water partition coefficient (Wildman–Crippen LogP) is 2.46. The Morgan fingerprint density at radius 2 is 2.14 bits per heavy atom. The Bertz CT molecular complexity index is 397. The molecule has 2 aromatic heterocycles. The molecule has 3 nitrogen and oxygen atoms in total. The lowest BCUT2D eigenvalue weighted by atomic mass is 10.4. The van der Waals surface area contributed by atoms with Gasteiger partial charge in [-0.1, -0.05) is 0 Å². The monoisotopic (exact) mass is 205 g/mol. The summed E-state index contributed by atoms with van der Waals surface area (Å²) in [6.45, 7) is 2.84. The van der Waals surface area contributed by atoms with Crippen LogP contribution in [0.15, 0.2) is 30.7 Å². The number of nitrogens with zero attached hydrogens (tertiary/aromatic N) is 2. The second kappa shape index (κ2) is 4.19. The van der Waals surface area contributed by atoms with E-state index in [4.69, 9.17) is 0 Å². The molecule has 0 aliphatic heterocycles. The SMILES string of the molecule is Cc1cnc(CNc2ccncc2)s1. The number of nitrogens with one attached hydrogen (secondary N) is 1. The zero-order chi connectivity index (χ0) is 9.80. The smallest absolute Gasteiger partial charge is 0.112 e. The summed E-state index contributed by atoms with van der Waals surface area (Å²) in [5, 5.41) is 4.39. The molecule has 2 rings (SSSR count). The number of thiazole rings is 1. The Hall–Kier alpha value is -1.42. The van der Waals surface area contributed by atoms with Gasteiger partial charge in [0.1, 0.15) is 5.01 Å². The molecule has 0 amide bonds. The van der Waals surface area contributed by atoms with E-state index < -0.39 is 0 Å². The molecule has 0 unspecified atom stereocenters. The summed E-state index contributed by atoms with van der Waals surface area (Å²) in [5.74, 6) is 0. The van der Waals surface area contributed by atoms with Crippen molar-refractivity contribution in [2.45, 2.75) is 13.5 Å². The van der Waals surface area contributed by atoms with Gasteiger partial charge >= 0.3 is 0 Å². The molecular weight excluding hydrogens is 194 g/mol. The van der Waals surface area contributed by atoms with Gasteiger partial charge in [-0.25, -0.2) is 4.98 Å². The molecule has 0 radical (unpaired) electrons. The second-order valence-corrected chi connectivity index (χ2v) is 4.27. The van der Waals surface area contributed by atoms with E-state index in [-0.39, 0.29) is 0 Å². The number of aromatic nitrogens is 2. The highest BCUT2D eigenvalue weighted by molar-refractivity contribution is 7.11. The highest BCUT2D eigenvalue weighted by atomic mass is 32.1. The van der Waals surface area contributed by atoms with Crippen LogP contribution in [0.4, 0.5) is 5.69 Å². The van der Waals surface area contributed by atoms with Crippen LogP contribution in [-0.2, 0) is 6.54 Å². The van der Waals surface area contributed by atoms with Crippen LogP contribution < -0.4 is 5.32 Å². The van der Waals surface area contributed by atoms with E-state index in [0.29, 0.717) is 0 Å². The van der Waals surface area contributed by atoms with Crippen LogP contribution in [-0.4, -0.2) is 9.97 Å². The van der Waals surface area contributed by atoms with Gasteiger partial charge in [0, 0.05) is 29.2 Å². The Kier molecular flexibility index (Phi) is 2.74. The lowest BCUT2D eigenvalue weighted by Gasteiger charge is -2.02. The molecule has 1 N–H and O–H groups in total. The van der Waals surface area contributed by atoms with E-state index >= 15 is 0 Å². The van der Waals surface area contributed by atoms with Crippen molar-refractivity contribution in [3.8, 4) is 0 Å². The van der Waals surface area contributed by atoms with Crippen LogP contribution in [0.1, 0.15) is 9.88 Å². The van der Waals surface area contributed by atoms with Gasteiger partial charge in [0.2, 0.25) is 0 Å². The summed E-state index contributed by atoms with van der Waals surface area (Å²) in [4.78, 5) is 9.47. The van der Waals surface area contributed by atoms with Crippen LogP contribution in [0.2, 0.25) is 0 Å². The first kappa shape index (κ1) is 9.15. The standard InChI is InChI=1S/C10H11N3S/c1-8-6-13-10(14-8)7-12-9-2-4-11-5-3-9/h2-6H,7H2,1H3,(H,11,12). The molecule has 0 aliphatic carbocycles. The number of hydrogen-bond acceptors (Lipinski definition) is 4. The molecule has 0 bridgehead atoms. The van der Waals surface area contributed by atoms with Gasteiger partial charge in [0.15, 0.2) is 0 Å². The normalized spacial score (nSPS) is 10.1. The Balaban J connectivity index is 1.95. The van der Waals surface area contributed by atoms with Crippen molar-refractivity contribution in [3.63, 3.8) is 0 Å². The topological polar surface area (TPSA) is 37.8 Å². The van der Waals surface area contributed by atoms with Gasteiger partial charge in [-0.05, 0) is 19.1 Å². The maximum absolute atomic E-state index is 4.27. The minimum absolute atomic E-state index is 0.780. The summed E-state index contributed by atoms with van der Waals surface area (Å²) >= 11 is 1.72. The maximum Gasteiger partial charge on any atom is 0.112 e. The van der Waals surface area contributed by atoms with Gasteiger partial charge in [-0.3, -0.25) is 4.98 Å². The van der Waals surface area contributed by atoms with Crippen molar-refractivity contribution in [3.05, 3.63) is 40.6 Å². The molecule has 2 heterocycles. The van der Waals surface area contributed by atoms with Crippen LogP contribution in [0.25, 0.3) is 0 Å². The first-order valence-corrected chi connectivity index (χ1v) is 5.21. The average molecular weight is 205 g/mol. The molecule has 0 saturated heterocycles. The molecule has 2 aromatic rings. The minimum atomic E-state index is 0.780. The third kappa shape index (κ3) is 2.29. The van der Waals surface area contributed by atoms with Crippen molar-refractivity contribution < 1.29 is 0 Å². The Labute approximate surface area is 86.8 Å². The number of aryl methyl sites for hydroxylation is 1. The summed E-state index contributed by atoms with van der Waals surface area (Å²) in [7, 11) is 0. The zero-order valence-corrected chi connectivity index (χ0v) is 8.71. The van der Waals surface area contributed by atoms with Crippen LogP contribution in [0.3, 0.4) is 0 Å². The van der Waals surface area contributed by atoms with Crippen LogP contribution in [0.5, 0.6) is 0 Å². The summed E-state index contributed by atoms with van der Waals surface area (Å²) < 4.78 is 0. The molecule has 0 spiro atoms. The maximum atomic E-state index is 4.27. The van der Waals surface area contributed by atoms with Crippen molar-refractivity contribution >= 4 is 17.0 Å². The van der Waals surface area contributed by atoms with Gasteiger partial charge < -0.3 is 5.32 Å². The number of hydrogen-bond donors (Lipinski definition) is 1. The first-order chi connectivity index (χ1) is 6.84. The van der Waals surface area contributed by atoms with E-state index in [9.17, 15) is 0 Å². The van der Waals surface area contributed by atoms with E-state index in [1.54, 1.807) is 23.7 Å². The molecule has 4 heteroatoms. The zero-order valence-electron chi connectivity index (χ0n) is 7.90. The fraction of sp³-hybridized carbons (Fsp3) is 0.200. The molecule has 0 aliphatic rings. The lowest BCUT2D eigenvalue weighted by molar-refractivity contribution is 1.10. The van der Waals surface area contributed by atoms with E-state index in [1.807, 2.05) is 18.3 Å². The quantitative estimate of drug-likeness (QED) is 0.836. The van der Waals surface area contributed by atoms with Gasteiger partial charge in [-0.2, -0.15) is 0 Å². The Morgan fingerprint density at radius 1 is 1.36 bits per heavy atom. The minimum Gasteiger partial charge on any atom is -0.378 e. The van der Waals surface area contributed by atoms with Gasteiger partial charge in [-0.15, -0.1) is 11.3 Å². The highest BCUT2D eigenvalue weighted by Gasteiger charge is 1.97. The largest absolute Gasteiger partial charge is 0.378 e. The number of anilines is 1. The highest BCUT2D eigenvalue weighted by Crippen LogP contribution is 2.13. The van der Waals surface area contributed by atoms with Crippen molar-refractivity contribution in [1.82, 2.24) is 9.97 Å². The molecule has 0 aromatic carbocycles. The van der Waals surface area contributed by atoms with Crippen molar-refractivity contribution in [1.29, 1.82) is 0 Å². The Morgan fingerprint density at radius 3 is 2.79 bits per heavy atom. The molecule has 0 fully saturated rings. The lowest BCUT2D eigenvalue weighted by Crippen LogP contribution is -1.98. The molecule has 0 atom stereocenters. The van der Waals surface area contributed by atoms with E-state index in [0.717, 1.165) is 17.2 Å². The first-order valence-electron chi connectivity index (χ1n) is 4.40.